The fraction of sp³-hybridized carbons (Fsp3) is 0.318. The topological polar surface area (TPSA) is 62.5 Å². The molecule has 30 heavy (non-hydrogen) atoms. The number of para-hydroxylation sites is 1. The Labute approximate surface area is 182 Å². The summed E-state index contributed by atoms with van der Waals surface area (Å²) in [4.78, 5) is 26.6. The second-order valence-corrected chi connectivity index (χ2v) is 9.32. The van der Waals surface area contributed by atoms with Crippen LogP contribution in [0.25, 0.3) is 31.9 Å². The Kier molecular flexibility index (Phi) is 4.76. The van der Waals surface area contributed by atoms with Gasteiger partial charge >= 0.3 is 5.63 Å². The second-order valence-electron chi connectivity index (χ2n) is 7.89. The average Bonchev–Trinajstić information content (AvgIpc) is 3.16. The largest absolute Gasteiger partial charge is 0.403 e. The molecule has 0 radical (unpaired) electrons. The third kappa shape index (κ3) is 3.27. The van der Waals surface area contributed by atoms with Crippen molar-refractivity contribution in [3.8, 4) is 10.6 Å². The van der Waals surface area contributed by atoms with Gasteiger partial charge < -0.3 is 9.32 Å². The fourth-order valence-electron chi connectivity index (χ4n) is 3.94. The number of nitrogens with zero attached hydrogens (tertiary/aromatic N) is 4. The molecule has 2 atom stereocenters. The summed E-state index contributed by atoms with van der Waals surface area (Å²) >= 11 is 7.66. The maximum absolute atomic E-state index is 12.7. The van der Waals surface area contributed by atoms with E-state index in [1.54, 1.807) is 12.1 Å². The number of likely N-dealkylation sites (N-methyl/N-ethyl adjacent to an activating group) is 1. The average molecular weight is 441 g/mol. The van der Waals surface area contributed by atoms with E-state index < -0.39 is 5.63 Å². The van der Waals surface area contributed by atoms with E-state index >= 15 is 0 Å². The van der Waals surface area contributed by atoms with Crippen LogP contribution < -0.4 is 10.5 Å². The number of halogens is 1. The molecular weight excluding hydrogens is 420 g/mol. The van der Waals surface area contributed by atoms with Gasteiger partial charge in [-0.05, 0) is 51.2 Å². The first-order valence-corrected chi connectivity index (χ1v) is 11.1. The fourth-order valence-corrected chi connectivity index (χ4v) is 5.21. The Balaban J connectivity index is 1.54. The molecule has 4 aromatic rings. The summed E-state index contributed by atoms with van der Waals surface area (Å²) in [6, 6.07) is 12.2. The van der Waals surface area contributed by atoms with E-state index in [1.165, 1.54) is 11.3 Å². The van der Waals surface area contributed by atoms with Gasteiger partial charge in [-0.15, -0.1) is 11.3 Å². The van der Waals surface area contributed by atoms with Crippen molar-refractivity contribution in [2.75, 3.05) is 25.0 Å². The number of anilines is 1. The molecule has 1 aromatic carbocycles. The number of benzene rings is 1. The van der Waals surface area contributed by atoms with Crippen molar-refractivity contribution in [2.45, 2.75) is 25.9 Å². The molecule has 0 spiro atoms. The quantitative estimate of drug-likeness (QED) is 0.452. The zero-order valence-electron chi connectivity index (χ0n) is 16.9. The summed E-state index contributed by atoms with van der Waals surface area (Å²) in [6.45, 7) is 6.18. The molecule has 0 saturated carbocycles. The molecule has 6 nitrogen and oxygen atoms in total. The Morgan fingerprint density at radius 2 is 1.90 bits per heavy atom. The minimum Gasteiger partial charge on any atom is -0.403 e. The number of hydrogen-bond donors (Lipinski definition) is 0. The lowest BCUT2D eigenvalue weighted by molar-refractivity contribution is 0.169. The van der Waals surface area contributed by atoms with Gasteiger partial charge in [0.25, 0.3) is 0 Å². The summed E-state index contributed by atoms with van der Waals surface area (Å²) in [5.41, 5.74) is 1.03. The summed E-state index contributed by atoms with van der Waals surface area (Å²) in [6.07, 6.45) is 0. The van der Waals surface area contributed by atoms with Gasteiger partial charge in [-0.25, -0.2) is 9.78 Å². The zero-order chi connectivity index (χ0) is 21.0. The number of pyridine rings is 1. The number of hydrogen-bond acceptors (Lipinski definition) is 7. The van der Waals surface area contributed by atoms with E-state index in [4.69, 9.17) is 16.0 Å². The molecule has 1 aliphatic rings. The van der Waals surface area contributed by atoms with Gasteiger partial charge in [0.2, 0.25) is 5.71 Å². The standard InChI is InChI=1S/C22H21ClN4O2S/c1-12-10-27(11-13(2)26(12)3)18-8-7-14-9-15(22(28)29-20(14)24-18)21-25-19-16(23)5-4-6-17(19)30-21/h4-9,12-13H,10-11H2,1-3H3/t12-,13+. The molecule has 0 aliphatic carbocycles. The molecule has 0 amide bonds. The third-order valence-electron chi connectivity index (χ3n) is 5.87. The first-order valence-electron chi connectivity index (χ1n) is 9.88. The summed E-state index contributed by atoms with van der Waals surface area (Å²) in [5, 5.41) is 1.94. The highest BCUT2D eigenvalue weighted by Gasteiger charge is 2.27. The number of rotatable bonds is 2. The van der Waals surface area contributed by atoms with Crippen LogP contribution in [0, 0.1) is 0 Å². The van der Waals surface area contributed by atoms with Crippen LogP contribution >= 0.6 is 22.9 Å². The molecule has 0 N–H and O–H groups in total. The molecule has 0 bridgehead atoms. The first kappa shape index (κ1) is 19.5. The minimum absolute atomic E-state index is 0.347. The van der Waals surface area contributed by atoms with Gasteiger partial charge in [0.15, 0.2) is 0 Å². The summed E-state index contributed by atoms with van der Waals surface area (Å²) in [5.74, 6) is 0.831. The molecule has 8 heteroatoms. The maximum atomic E-state index is 12.7. The lowest BCUT2D eigenvalue weighted by Gasteiger charge is -2.42. The van der Waals surface area contributed by atoms with Crippen LogP contribution in [0.1, 0.15) is 13.8 Å². The molecule has 1 aliphatic heterocycles. The highest BCUT2D eigenvalue weighted by molar-refractivity contribution is 7.21. The zero-order valence-corrected chi connectivity index (χ0v) is 18.5. The van der Waals surface area contributed by atoms with E-state index in [0.717, 1.165) is 29.0 Å². The predicted octanol–water partition coefficient (Wildman–Crippen LogP) is 4.65. The third-order valence-corrected chi connectivity index (χ3v) is 7.23. The Morgan fingerprint density at radius 3 is 2.63 bits per heavy atom. The smallest absolute Gasteiger partial charge is 0.347 e. The molecule has 5 rings (SSSR count). The van der Waals surface area contributed by atoms with Gasteiger partial charge in [0.1, 0.15) is 16.3 Å². The Hall–Kier alpha value is -2.48. The van der Waals surface area contributed by atoms with Crippen molar-refractivity contribution in [3.63, 3.8) is 0 Å². The van der Waals surface area contributed by atoms with Crippen LogP contribution in [-0.4, -0.2) is 47.1 Å². The lowest BCUT2D eigenvalue weighted by Crippen LogP contribution is -2.55. The molecule has 1 saturated heterocycles. The van der Waals surface area contributed by atoms with E-state index in [9.17, 15) is 4.79 Å². The number of thiazole rings is 1. The molecular formula is C22H21ClN4O2S. The van der Waals surface area contributed by atoms with Gasteiger partial charge in [-0.1, -0.05) is 17.7 Å². The molecule has 4 heterocycles. The number of fused-ring (bicyclic) bond motifs is 2. The van der Waals surface area contributed by atoms with Crippen LogP contribution in [0.15, 0.2) is 45.6 Å². The second kappa shape index (κ2) is 7.34. The summed E-state index contributed by atoms with van der Waals surface area (Å²) < 4.78 is 6.54. The predicted molar refractivity (Wildman–Crippen MR) is 123 cm³/mol. The SMILES string of the molecule is C[C@@H]1CN(c2ccc3cc(-c4nc5c(Cl)cccc5s4)c(=O)oc3n2)C[C@H](C)N1C. The van der Waals surface area contributed by atoms with Crippen LogP contribution in [0.3, 0.4) is 0 Å². The molecule has 1 fully saturated rings. The first-order chi connectivity index (χ1) is 14.4. The van der Waals surface area contributed by atoms with Gasteiger partial charge in [0, 0.05) is 30.6 Å². The van der Waals surface area contributed by atoms with Crippen molar-refractivity contribution >= 4 is 50.1 Å². The van der Waals surface area contributed by atoms with Crippen molar-refractivity contribution in [2.24, 2.45) is 0 Å². The van der Waals surface area contributed by atoms with E-state index in [2.05, 4.69) is 40.7 Å². The van der Waals surface area contributed by atoms with E-state index in [0.29, 0.717) is 38.9 Å². The summed E-state index contributed by atoms with van der Waals surface area (Å²) in [7, 11) is 2.15. The van der Waals surface area contributed by atoms with Crippen molar-refractivity contribution in [1.29, 1.82) is 0 Å². The Morgan fingerprint density at radius 1 is 1.13 bits per heavy atom. The Bertz CT molecular complexity index is 1310. The van der Waals surface area contributed by atoms with Crippen LogP contribution in [-0.2, 0) is 0 Å². The van der Waals surface area contributed by atoms with Crippen molar-refractivity contribution in [1.82, 2.24) is 14.9 Å². The molecule has 0 unspecified atom stereocenters. The van der Waals surface area contributed by atoms with Crippen molar-refractivity contribution in [3.05, 3.63) is 51.8 Å². The monoisotopic (exact) mass is 440 g/mol. The minimum atomic E-state index is -0.442. The van der Waals surface area contributed by atoms with Crippen LogP contribution in [0.4, 0.5) is 5.82 Å². The van der Waals surface area contributed by atoms with Gasteiger partial charge in [-0.3, -0.25) is 4.90 Å². The highest BCUT2D eigenvalue weighted by atomic mass is 35.5. The number of aromatic nitrogens is 2. The van der Waals surface area contributed by atoms with E-state index in [1.807, 2.05) is 24.3 Å². The van der Waals surface area contributed by atoms with E-state index in [-0.39, 0.29) is 0 Å². The molecule has 3 aromatic heterocycles. The lowest BCUT2D eigenvalue weighted by atomic mass is 10.1. The normalized spacial score (nSPS) is 20.3. The number of piperazine rings is 1. The van der Waals surface area contributed by atoms with Crippen LogP contribution in [0.2, 0.25) is 5.02 Å². The maximum Gasteiger partial charge on any atom is 0.347 e. The highest BCUT2D eigenvalue weighted by Crippen LogP contribution is 2.33. The molecule has 154 valence electrons. The van der Waals surface area contributed by atoms with Crippen LogP contribution in [0.5, 0.6) is 0 Å². The van der Waals surface area contributed by atoms with Gasteiger partial charge in [0.05, 0.1) is 15.3 Å². The van der Waals surface area contributed by atoms with Crippen molar-refractivity contribution < 1.29 is 4.42 Å². The van der Waals surface area contributed by atoms with Gasteiger partial charge in [-0.2, -0.15) is 4.98 Å².